The molecular weight excluding hydrogens is 156 g/mol. The third-order valence-electron chi connectivity index (χ3n) is 0.494. The van der Waals surface area contributed by atoms with E-state index in [2.05, 4.69) is 9.78 Å². The first-order chi connectivity index (χ1) is 4.45. The quantitative estimate of drug-likeness (QED) is 0.354. The first-order valence-corrected chi connectivity index (χ1v) is 3.43. The molecule has 4 heteroatoms. The molecule has 0 aliphatic heterocycles. The van der Waals surface area contributed by atoms with Crippen molar-refractivity contribution in [2.24, 2.45) is 0 Å². The Kier molecular flexibility index (Phi) is 3.68. The van der Waals surface area contributed by atoms with Crippen LogP contribution in [0.3, 0.4) is 0 Å². The lowest BCUT2D eigenvalue weighted by atomic mass is 10.2. The molecule has 0 aromatic carbocycles. The number of alkyl halides is 1. The lowest BCUT2D eigenvalue weighted by Gasteiger charge is -2.15. The number of hydrogen-bond acceptors (Lipinski definition) is 3. The van der Waals surface area contributed by atoms with Gasteiger partial charge in [0.15, 0.2) is 0 Å². The van der Waals surface area contributed by atoms with E-state index in [1.54, 1.807) is 20.8 Å². The van der Waals surface area contributed by atoms with Crippen LogP contribution in [-0.2, 0) is 14.6 Å². The van der Waals surface area contributed by atoms with Crippen molar-refractivity contribution in [3.8, 4) is 0 Å². The predicted octanol–water partition coefficient (Wildman–Crippen LogP) is 1.50. The Morgan fingerprint density at radius 1 is 1.50 bits per heavy atom. The van der Waals surface area contributed by atoms with E-state index in [0.717, 1.165) is 0 Å². The summed E-state index contributed by atoms with van der Waals surface area (Å²) in [6.07, 6.45) is 0. The fraction of sp³-hybridized carbons (Fsp3) is 0.833. The lowest BCUT2D eigenvalue weighted by molar-refractivity contribution is -0.318. The average molecular weight is 167 g/mol. The summed E-state index contributed by atoms with van der Waals surface area (Å²) >= 11 is 5.13. The minimum Gasteiger partial charge on any atom is -0.296 e. The highest BCUT2D eigenvalue weighted by Gasteiger charge is 2.14. The zero-order valence-corrected chi connectivity index (χ0v) is 7.07. The van der Waals surface area contributed by atoms with Crippen molar-refractivity contribution in [1.82, 2.24) is 0 Å². The van der Waals surface area contributed by atoms with Crippen molar-refractivity contribution in [1.29, 1.82) is 0 Å². The number of carbonyl (C=O) groups is 1. The summed E-state index contributed by atoms with van der Waals surface area (Å²) in [5, 5.41) is 0. The molecule has 0 saturated heterocycles. The third kappa shape index (κ3) is 5.85. The SMILES string of the molecule is CC(C)(C)OOC(=O)CCl. The van der Waals surface area contributed by atoms with Crippen molar-refractivity contribution < 1.29 is 14.6 Å². The predicted molar refractivity (Wildman–Crippen MR) is 37.7 cm³/mol. The zero-order valence-electron chi connectivity index (χ0n) is 6.31. The van der Waals surface area contributed by atoms with Gasteiger partial charge in [-0.05, 0) is 20.8 Å². The van der Waals surface area contributed by atoms with Crippen LogP contribution in [0.5, 0.6) is 0 Å². The Labute approximate surface area is 65.2 Å². The van der Waals surface area contributed by atoms with Crippen LogP contribution in [-0.4, -0.2) is 17.5 Å². The van der Waals surface area contributed by atoms with Gasteiger partial charge in [0.05, 0.1) is 0 Å². The molecule has 0 bridgehead atoms. The maximum atomic E-state index is 10.4. The summed E-state index contributed by atoms with van der Waals surface area (Å²) < 4.78 is 0. The van der Waals surface area contributed by atoms with Crippen molar-refractivity contribution in [2.75, 3.05) is 5.88 Å². The first kappa shape index (κ1) is 9.72. The third-order valence-corrected chi connectivity index (χ3v) is 0.712. The molecule has 0 atom stereocenters. The molecule has 0 saturated carbocycles. The van der Waals surface area contributed by atoms with E-state index in [4.69, 9.17) is 11.6 Å². The summed E-state index contributed by atoms with van der Waals surface area (Å²) in [4.78, 5) is 19.3. The molecule has 0 rings (SSSR count). The van der Waals surface area contributed by atoms with E-state index in [9.17, 15) is 4.79 Å². The summed E-state index contributed by atoms with van der Waals surface area (Å²) in [5.41, 5.74) is -0.471. The van der Waals surface area contributed by atoms with Crippen LogP contribution >= 0.6 is 11.6 Å². The lowest BCUT2D eigenvalue weighted by Crippen LogP contribution is -2.22. The smallest absolute Gasteiger partial charge is 0.296 e. The van der Waals surface area contributed by atoms with Crippen LogP contribution in [0.2, 0.25) is 0 Å². The van der Waals surface area contributed by atoms with E-state index in [0.29, 0.717) is 0 Å². The Morgan fingerprint density at radius 2 is 2.00 bits per heavy atom. The number of carbonyl (C=O) groups excluding carboxylic acids is 1. The van der Waals surface area contributed by atoms with Gasteiger partial charge in [0.25, 0.3) is 0 Å². The van der Waals surface area contributed by atoms with Crippen molar-refractivity contribution in [3.63, 3.8) is 0 Å². The molecule has 0 fully saturated rings. The van der Waals surface area contributed by atoms with E-state index < -0.39 is 11.6 Å². The van der Waals surface area contributed by atoms with Crippen molar-refractivity contribution >= 4 is 17.6 Å². The summed E-state index contributed by atoms with van der Waals surface area (Å²) in [6, 6.07) is 0. The van der Waals surface area contributed by atoms with Gasteiger partial charge in [0.2, 0.25) is 0 Å². The minimum absolute atomic E-state index is 0.184. The highest BCUT2D eigenvalue weighted by Crippen LogP contribution is 2.06. The largest absolute Gasteiger partial charge is 0.356 e. The second kappa shape index (κ2) is 3.78. The van der Waals surface area contributed by atoms with Gasteiger partial charge in [-0.2, -0.15) is 4.89 Å². The second-order valence-corrected chi connectivity index (χ2v) is 3.05. The van der Waals surface area contributed by atoms with Crippen LogP contribution in [0, 0.1) is 0 Å². The number of hydrogen-bond donors (Lipinski definition) is 0. The standard InChI is InChI=1S/C6H11ClO3/c1-6(2,3)10-9-5(8)4-7/h4H2,1-3H3. The average Bonchev–Trinajstić information content (AvgIpc) is 1.81. The van der Waals surface area contributed by atoms with E-state index in [1.807, 2.05) is 0 Å². The van der Waals surface area contributed by atoms with Crippen LogP contribution < -0.4 is 0 Å². The Morgan fingerprint density at radius 3 is 2.30 bits per heavy atom. The summed E-state index contributed by atoms with van der Waals surface area (Å²) in [6.45, 7) is 5.32. The van der Waals surface area contributed by atoms with Gasteiger partial charge >= 0.3 is 5.97 Å². The molecule has 0 amide bonds. The van der Waals surface area contributed by atoms with Gasteiger partial charge in [-0.15, -0.1) is 11.6 Å². The zero-order chi connectivity index (χ0) is 8.20. The fourth-order valence-electron chi connectivity index (χ4n) is 0.194. The Bertz CT molecular complexity index is 117. The van der Waals surface area contributed by atoms with Crippen LogP contribution in [0.15, 0.2) is 0 Å². The molecule has 0 aliphatic rings. The highest BCUT2D eigenvalue weighted by atomic mass is 35.5. The minimum atomic E-state index is -0.573. The Hall–Kier alpha value is -0.280. The van der Waals surface area contributed by atoms with Gasteiger partial charge in [0.1, 0.15) is 11.5 Å². The fourth-order valence-corrected chi connectivity index (χ4v) is 0.238. The van der Waals surface area contributed by atoms with Crippen LogP contribution in [0.25, 0.3) is 0 Å². The van der Waals surface area contributed by atoms with Gasteiger partial charge in [-0.3, -0.25) is 4.89 Å². The number of halogens is 1. The first-order valence-electron chi connectivity index (χ1n) is 2.90. The molecule has 0 aliphatic carbocycles. The highest BCUT2D eigenvalue weighted by molar-refractivity contribution is 6.26. The molecule has 0 N–H and O–H groups in total. The molecule has 0 aromatic rings. The normalized spacial score (nSPS) is 11.2. The van der Waals surface area contributed by atoms with Crippen LogP contribution in [0.1, 0.15) is 20.8 Å². The molecule has 60 valence electrons. The number of rotatable bonds is 2. The molecule has 0 unspecified atom stereocenters. The van der Waals surface area contributed by atoms with Crippen LogP contribution in [0.4, 0.5) is 0 Å². The van der Waals surface area contributed by atoms with Gasteiger partial charge in [-0.1, -0.05) is 0 Å². The second-order valence-electron chi connectivity index (χ2n) is 2.78. The Balaban J connectivity index is 3.46. The molecule has 3 nitrogen and oxygen atoms in total. The van der Waals surface area contributed by atoms with Crippen molar-refractivity contribution in [2.45, 2.75) is 26.4 Å². The van der Waals surface area contributed by atoms with Crippen molar-refractivity contribution in [3.05, 3.63) is 0 Å². The molecular formula is C6H11ClO3. The monoisotopic (exact) mass is 166 g/mol. The summed E-state index contributed by atoms with van der Waals surface area (Å²) in [5.74, 6) is -0.757. The van der Waals surface area contributed by atoms with Gasteiger partial charge < -0.3 is 0 Å². The van der Waals surface area contributed by atoms with Gasteiger partial charge in [0, 0.05) is 0 Å². The molecule has 10 heavy (non-hydrogen) atoms. The topological polar surface area (TPSA) is 35.5 Å². The van der Waals surface area contributed by atoms with E-state index in [-0.39, 0.29) is 5.88 Å². The molecule has 0 heterocycles. The summed E-state index contributed by atoms with van der Waals surface area (Å²) in [7, 11) is 0. The van der Waals surface area contributed by atoms with E-state index >= 15 is 0 Å². The molecule has 0 radical (unpaired) electrons. The molecule has 0 spiro atoms. The maximum absolute atomic E-state index is 10.4. The molecule has 0 aromatic heterocycles. The van der Waals surface area contributed by atoms with Gasteiger partial charge in [-0.25, -0.2) is 4.79 Å². The maximum Gasteiger partial charge on any atom is 0.356 e. The van der Waals surface area contributed by atoms with E-state index in [1.165, 1.54) is 0 Å².